The summed E-state index contributed by atoms with van der Waals surface area (Å²) < 4.78 is 2.03. The standard InChI is InChI=1S/C21H23Cl2IN6OS/c1-2-29(20-18-5-7-30(32-24)21(18)27-13-26-20)17-4-3-6-28(12-17)19(31)11-25-16-9-14(22)8-15(23)10-16/h5,7-10,13,17,25H,2-4,6,11-12H2,1H3. The first-order valence-corrected chi connectivity index (χ1v) is 14.4. The maximum atomic E-state index is 12.9. The number of anilines is 2. The van der Waals surface area contributed by atoms with E-state index in [9.17, 15) is 4.79 Å². The van der Waals surface area contributed by atoms with Crippen molar-refractivity contribution < 1.29 is 4.79 Å². The van der Waals surface area contributed by atoms with Crippen LogP contribution in [0.15, 0.2) is 36.8 Å². The Bertz CT molecular complexity index is 1090. The van der Waals surface area contributed by atoms with Crippen molar-refractivity contribution in [3.05, 3.63) is 46.8 Å². The van der Waals surface area contributed by atoms with Gasteiger partial charge in [-0.15, -0.1) is 0 Å². The minimum absolute atomic E-state index is 0.0575. The second kappa shape index (κ2) is 10.7. The smallest absolute Gasteiger partial charge is 0.241 e. The Morgan fingerprint density at radius 1 is 1.31 bits per heavy atom. The van der Waals surface area contributed by atoms with Crippen LogP contribution in [0.4, 0.5) is 11.5 Å². The van der Waals surface area contributed by atoms with E-state index >= 15 is 0 Å². The Balaban J connectivity index is 1.46. The minimum Gasteiger partial charge on any atom is -0.376 e. The molecule has 3 aromatic rings. The number of likely N-dealkylation sites (tertiary alicyclic amines) is 1. The van der Waals surface area contributed by atoms with E-state index in [1.807, 2.05) is 15.1 Å². The number of rotatable bonds is 7. The molecule has 1 atom stereocenters. The molecular weight excluding hydrogens is 582 g/mol. The molecule has 1 saturated heterocycles. The fourth-order valence-corrected chi connectivity index (χ4v) is 5.96. The first-order chi connectivity index (χ1) is 15.5. The van der Waals surface area contributed by atoms with Gasteiger partial charge in [0.05, 0.1) is 11.9 Å². The molecule has 0 radical (unpaired) electrons. The number of carbonyl (C=O) groups excluding carboxylic acids is 1. The van der Waals surface area contributed by atoms with Crippen LogP contribution < -0.4 is 10.2 Å². The molecule has 7 nitrogen and oxygen atoms in total. The lowest BCUT2D eigenvalue weighted by Gasteiger charge is -2.39. The lowest BCUT2D eigenvalue weighted by atomic mass is 10.0. The number of amides is 1. The summed E-state index contributed by atoms with van der Waals surface area (Å²) in [4.78, 5) is 26.2. The van der Waals surface area contributed by atoms with Gasteiger partial charge in [0.2, 0.25) is 5.91 Å². The Morgan fingerprint density at radius 2 is 2.09 bits per heavy atom. The number of aromatic nitrogens is 3. The highest BCUT2D eigenvalue weighted by Gasteiger charge is 2.29. The number of carbonyl (C=O) groups is 1. The quantitative estimate of drug-likeness (QED) is 0.359. The van der Waals surface area contributed by atoms with Crippen LogP contribution >= 0.6 is 53.5 Å². The van der Waals surface area contributed by atoms with Gasteiger partial charge in [-0.3, -0.25) is 8.77 Å². The molecule has 170 valence electrons. The number of hydrogen-bond acceptors (Lipinski definition) is 6. The summed E-state index contributed by atoms with van der Waals surface area (Å²) >= 11 is 14.4. The van der Waals surface area contributed by atoms with Gasteiger partial charge in [-0.1, -0.05) is 23.2 Å². The van der Waals surface area contributed by atoms with Gasteiger partial charge in [-0.2, -0.15) is 0 Å². The highest BCUT2D eigenvalue weighted by molar-refractivity contribution is 14.2. The summed E-state index contributed by atoms with van der Waals surface area (Å²) in [6.07, 6.45) is 5.60. The number of nitrogens with one attached hydrogen (secondary N) is 1. The van der Waals surface area contributed by atoms with Gasteiger partial charge in [0.15, 0.2) is 5.65 Å². The minimum atomic E-state index is 0.0575. The van der Waals surface area contributed by atoms with Crippen molar-refractivity contribution >= 4 is 82.0 Å². The van der Waals surface area contributed by atoms with Crippen LogP contribution in [0.5, 0.6) is 0 Å². The summed E-state index contributed by atoms with van der Waals surface area (Å²) in [5.41, 5.74) is 1.64. The second-order valence-corrected chi connectivity index (χ2v) is 10.2. The predicted molar refractivity (Wildman–Crippen MR) is 142 cm³/mol. The highest BCUT2D eigenvalue weighted by atomic mass is 127. The summed E-state index contributed by atoms with van der Waals surface area (Å²) in [6.45, 7) is 4.55. The normalized spacial score (nSPS) is 16.4. The Kier molecular flexibility index (Phi) is 7.91. The van der Waals surface area contributed by atoms with Gasteiger partial charge in [-0.05, 0) is 44.0 Å². The van der Waals surface area contributed by atoms with Gasteiger partial charge in [-0.25, -0.2) is 9.97 Å². The van der Waals surface area contributed by atoms with E-state index in [2.05, 4.69) is 54.4 Å². The largest absolute Gasteiger partial charge is 0.376 e. The number of likely N-dealkylation sites (N-methyl/N-ethyl adjacent to an activating group) is 1. The van der Waals surface area contributed by atoms with Crippen molar-refractivity contribution in [2.45, 2.75) is 25.8 Å². The molecule has 1 fully saturated rings. The molecule has 0 aliphatic carbocycles. The fourth-order valence-electron chi connectivity index (χ4n) is 4.16. The SMILES string of the molecule is CCN(c1ncnc2c1ccn2SI)C1CCCN(C(=O)CNc2cc(Cl)cc(Cl)c2)C1. The topological polar surface area (TPSA) is 66.3 Å². The van der Waals surface area contributed by atoms with E-state index < -0.39 is 0 Å². The number of nitrogens with zero attached hydrogens (tertiary/aromatic N) is 5. The van der Waals surface area contributed by atoms with E-state index in [1.165, 1.54) is 0 Å². The number of halogens is 3. The van der Waals surface area contributed by atoms with Crippen molar-refractivity contribution in [2.24, 2.45) is 0 Å². The molecule has 32 heavy (non-hydrogen) atoms. The van der Waals surface area contributed by atoms with Crippen LogP contribution in [0.25, 0.3) is 11.0 Å². The van der Waals surface area contributed by atoms with Crippen LogP contribution in [0.1, 0.15) is 19.8 Å². The van der Waals surface area contributed by atoms with Gasteiger partial charge in [0.25, 0.3) is 0 Å². The van der Waals surface area contributed by atoms with Crippen LogP contribution in [-0.2, 0) is 4.79 Å². The van der Waals surface area contributed by atoms with E-state index in [0.29, 0.717) is 16.6 Å². The Morgan fingerprint density at radius 3 is 2.81 bits per heavy atom. The lowest BCUT2D eigenvalue weighted by molar-refractivity contribution is -0.130. The third kappa shape index (κ3) is 5.21. The highest BCUT2D eigenvalue weighted by Crippen LogP contribution is 2.31. The fraction of sp³-hybridized carbons (Fsp3) is 0.381. The number of piperidine rings is 1. The molecule has 1 amide bonds. The second-order valence-electron chi connectivity index (χ2n) is 7.58. The number of hydrogen-bond donors (Lipinski definition) is 1. The molecule has 1 unspecified atom stereocenters. The van der Waals surface area contributed by atoms with Crippen LogP contribution in [0.2, 0.25) is 10.0 Å². The molecule has 11 heteroatoms. The monoisotopic (exact) mass is 604 g/mol. The van der Waals surface area contributed by atoms with E-state index in [4.69, 9.17) is 23.2 Å². The molecule has 0 spiro atoms. The zero-order chi connectivity index (χ0) is 22.7. The first-order valence-electron chi connectivity index (χ1n) is 10.4. The first kappa shape index (κ1) is 23.7. The number of benzene rings is 1. The van der Waals surface area contributed by atoms with E-state index in [0.717, 1.165) is 48.5 Å². The molecule has 3 heterocycles. The summed E-state index contributed by atoms with van der Waals surface area (Å²) in [7, 11) is 1.58. The zero-order valence-electron chi connectivity index (χ0n) is 17.5. The molecule has 4 rings (SSSR count). The Hall–Kier alpha value is -1.43. The third-order valence-electron chi connectivity index (χ3n) is 5.61. The maximum Gasteiger partial charge on any atom is 0.241 e. The molecule has 1 aromatic carbocycles. The van der Waals surface area contributed by atoms with Gasteiger partial charge in [0.1, 0.15) is 12.1 Å². The summed E-state index contributed by atoms with van der Waals surface area (Å²) in [5, 5.41) is 5.25. The van der Waals surface area contributed by atoms with Crippen LogP contribution in [-0.4, -0.2) is 57.0 Å². The maximum absolute atomic E-state index is 12.9. The molecule has 1 aliphatic rings. The summed E-state index contributed by atoms with van der Waals surface area (Å²) in [6, 6.07) is 7.46. The van der Waals surface area contributed by atoms with Gasteiger partial charge < -0.3 is 15.1 Å². The predicted octanol–water partition coefficient (Wildman–Crippen LogP) is 5.51. The van der Waals surface area contributed by atoms with Crippen molar-refractivity contribution in [3.8, 4) is 0 Å². The third-order valence-corrected chi connectivity index (χ3v) is 7.76. The lowest BCUT2D eigenvalue weighted by Crippen LogP contribution is -2.51. The molecule has 1 aliphatic heterocycles. The average molecular weight is 605 g/mol. The van der Waals surface area contributed by atoms with E-state index in [1.54, 1.807) is 33.6 Å². The van der Waals surface area contributed by atoms with Crippen molar-refractivity contribution in [1.29, 1.82) is 0 Å². The number of fused-ring (bicyclic) bond motifs is 1. The molecular formula is C21H23Cl2IN6OS. The van der Waals surface area contributed by atoms with Crippen molar-refractivity contribution in [2.75, 3.05) is 36.4 Å². The van der Waals surface area contributed by atoms with Crippen molar-refractivity contribution in [1.82, 2.24) is 18.8 Å². The Labute approximate surface area is 213 Å². The molecule has 0 bridgehead atoms. The molecule has 2 aromatic heterocycles. The molecule has 1 N–H and O–H groups in total. The van der Waals surface area contributed by atoms with Crippen LogP contribution in [0.3, 0.4) is 0 Å². The average Bonchev–Trinajstić information content (AvgIpc) is 3.21. The van der Waals surface area contributed by atoms with Gasteiger partial charge in [0, 0.05) is 77.9 Å². The molecule has 0 saturated carbocycles. The van der Waals surface area contributed by atoms with E-state index in [-0.39, 0.29) is 18.5 Å². The van der Waals surface area contributed by atoms with Crippen molar-refractivity contribution in [3.63, 3.8) is 0 Å². The van der Waals surface area contributed by atoms with Gasteiger partial charge >= 0.3 is 0 Å². The van der Waals surface area contributed by atoms with Crippen LogP contribution in [0, 0.1) is 0 Å². The summed E-state index contributed by atoms with van der Waals surface area (Å²) in [5.74, 6) is 0.981. The zero-order valence-corrected chi connectivity index (χ0v) is 22.0.